The third kappa shape index (κ3) is 4.60. The smallest absolute Gasteiger partial charge is 0.435 e. The molecule has 43 heavy (non-hydrogen) atoms. The Hall–Kier alpha value is -3.23. The Morgan fingerprint density at radius 3 is 1.95 bits per heavy atom. The van der Waals surface area contributed by atoms with Gasteiger partial charge in [-0.2, -0.15) is 26.3 Å². The van der Waals surface area contributed by atoms with Gasteiger partial charge < -0.3 is 10.0 Å². The number of carbonyl (C=O) groups excluding carboxylic acids is 1. The molecule has 2 aromatic rings. The van der Waals surface area contributed by atoms with Crippen molar-refractivity contribution in [3.63, 3.8) is 0 Å². The highest BCUT2D eigenvalue weighted by molar-refractivity contribution is 7.92. The molecule has 234 valence electrons. The minimum absolute atomic E-state index is 0.123. The van der Waals surface area contributed by atoms with Gasteiger partial charge in [0, 0.05) is 18.0 Å². The molecule has 2 fully saturated rings. The van der Waals surface area contributed by atoms with Crippen molar-refractivity contribution < 1.29 is 58.2 Å². The first-order chi connectivity index (χ1) is 19.9. The van der Waals surface area contributed by atoms with E-state index in [-0.39, 0.29) is 60.7 Å². The van der Waals surface area contributed by atoms with Crippen LogP contribution in [0.5, 0.6) is 0 Å². The van der Waals surface area contributed by atoms with Gasteiger partial charge >= 0.3 is 24.0 Å². The van der Waals surface area contributed by atoms with Gasteiger partial charge in [-0.25, -0.2) is 17.2 Å². The number of likely N-dealkylation sites (tertiary alicyclic amines) is 1. The minimum atomic E-state index is -6.39. The number of rotatable bonds is 5. The maximum absolute atomic E-state index is 15.0. The number of fused-ring (bicyclic) bond motifs is 3. The van der Waals surface area contributed by atoms with E-state index in [1.165, 1.54) is 4.90 Å². The van der Waals surface area contributed by atoms with E-state index in [1.54, 1.807) is 0 Å². The Kier molecular flexibility index (Phi) is 7.37. The number of alkyl halides is 7. The number of halogens is 8. The van der Waals surface area contributed by atoms with E-state index in [2.05, 4.69) is 0 Å². The van der Waals surface area contributed by atoms with Crippen LogP contribution in [0.15, 0.2) is 47.4 Å². The monoisotopic (exact) mass is 639 g/mol. The van der Waals surface area contributed by atoms with Gasteiger partial charge in [-0.05, 0) is 73.9 Å². The van der Waals surface area contributed by atoms with Gasteiger partial charge in [0.25, 0.3) is 0 Å². The van der Waals surface area contributed by atoms with Crippen molar-refractivity contribution in [1.82, 2.24) is 4.90 Å². The number of amides is 1. The molecule has 6 nitrogen and oxygen atoms in total. The number of benzene rings is 2. The molecule has 2 unspecified atom stereocenters. The Morgan fingerprint density at radius 2 is 1.42 bits per heavy atom. The molecular formula is C28H25F8NO5S. The quantitative estimate of drug-likeness (QED) is 0.329. The van der Waals surface area contributed by atoms with Crippen LogP contribution in [0, 0.1) is 17.7 Å². The number of sulfone groups is 1. The summed E-state index contributed by atoms with van der Waals surface area (Å²) in [6.07, 6.45) is -12.8. The predicted molar refractivity (Wildman–Crippen MR) is 134 cm³/mol. The highest BCUT2D eigenvalue weighted by Crippen LogP contribution is 2.58. The normalized spacial score (nSPS) is 26.2. The fraction of sp³-hybridized carbons (Fsp3) is 0.500. The minimum Gasteiger partial charge on any atom is -0.481 e. The molecule has 1 heterocycles. The van der Waals surface area contributed by atoms with Gasteiger partial charge in [-0.1, -0.05) is 18.2 Å². The van der Waals surface area contributed by atoms with Crippen molar-refractivity contribution in [2.24, 2.45) is 11.8 Å². The molecule has 1 N–H and O–H groups in total. The summed E-state index contributed by atoms with van der Waals surface area (Å²) in [7, 11) is -4.57. The first kappa shape index (κ1) is 31.2. The Balaban J connectivity index is 1.61. The highest BCUT2D eigenvalue weighted by Gasteiger charge is 2.74. The summed E-state index contributed by atoms with van der Waals surface area (Å²) in [6, 6.07) is 3.78. The van der Waals surface area contributed by atoms with Crippen LogP contribution >= 0.6 is 0 Å². The largest absolute Gasteiger partial charge is 0.481 e. The molecule has 0 aromatic heterocycles. The van der Waals surface area contributed by atoms with Crippen LogP contribution in [0.3, 0.4) is 0 Å². The van der Waals surface area contributed by atoms with Crippen LogP contribution in [-0.2, 0) is 36.3 Å². The molecule has 3 aliphatic rings. The lowest BCUT2D eigenvalue weighted by Crippen LogP contribution is -2.50. The van der Waals surface area contributed by atoms with Crippen molar-refractivity contribution in [1.29, 1.82) is 0 Å². The third-order valence-electron chi connectivity index (χ3n) is 9.10. The number of hydrogen-bond acceptors (Lipinski definition) is 4. The van der Waals surface area contributed by atoms with Crippen molar-refractivity contribution in [3.05, 3.63) is 65.0 Å². The zero-order valence-electron chi connectivity index (χ0n) is 22.2. The van der Waals surface area contributed by atoms with E-state index < -0.39 is 80.2 Å². The van der Waals surface area contributed by atoms with Gasteiger partial charge in [0.2, 0.25) is 5.91 Å². The van der Waals surface area contributed by atoms with Crippen LogP contribution < -0.4 is 0 Å². The lowest BCUT2D eigenvalue weighted by atomic mass is 9.81. The Morgan fingerprint density at radius 1 is 0.860 bits per heavy atom. The van der Waals surface area contributed by atoms with Crippen molar-refractivity contribution in [2.75, 3.05) is 6.54 Å². The number of nitrogens with zero attached hydrogens (tertiary/aromatic N) is 1. The Bertz CT molecular complexity index is 1530. The molecule has 15 heteroatoms. The van der Waals surface area contributed by atoms with E-state index in [0.717, 1.165) is 30.3 Å². The molecule has 1 aliphatic heterocycles. The standard InChI is InChI=1S/C28H25F8NO5S/c29-19-6-8-20(9-7-19)43(41,42)25-11-12-37(23(38)15-1-3-16(4-2-15)24(39)40)22(25)14-17-13-18(5-10-21(17)25)26(30,27(31,32)33)28(34,35)36/h5-10,13,15-16,22H,1-4,11-12,14H2,(H,39,40). The van der Waals surface area contributed by atoms with Gasteiger partial charge in [0.05, 0.1) is 16.9 Å². The molecule has 2 atom stereocenters. The second kappa shape index (κ2) is 10.2. The summed E-state index contributed by atoms with van der Waals surface area (Å²) in [5.74, 6) is -3.61. The van der Waals surface area contributed by atoms with E-state index in [0.29, 0.717) is 6.07 Å². The topological polar surface area (TPSA) is 91.8 Å². The molecule has 0 spiro atoms. The van der Waals surface area contributed by atoms with Crippen LogP contribution in [0.1, 0.15) is 48.8 Å². The Labute approximate surface area is 240 Å². The number of carboxylic acids is 1. The maximum Gasteiger partial charge on any atom is 0.435 e. The fourth-order valence-corrected chi connectivity index (χ4v) is 9.24. The lowest BCUT2D eigenvalue weighted by Gasteiger charge is -2.35. The predicted octanol–water partition coefficient (Wildman–Crippen LogP) is 5.83. The molecule has 1 saturated carbocycles. The van der Waals surface area contributed by atoms with E-state index in [1.807, 2.05) is 0 Å². The number of aliphatic carboxylic acids is 1. The molecule has 5 rings (SSSR count). The average Bonchev–Trinajstić information content (AvgIpc) is 3.47. The summed E-state index contributed by atoms with van der Waals surface area (Å²) >= 11 is 0. The average molecular weight is 640 g/mol. The van der Waals surface area contributed by atoms with Gasteiger partial charge in [-0.3, -0.25) is 9.59 Å². The number of carboxylic acid groups (broad SMARTS) is 1. The van der Waals surface area contributed by atoms with Crippen LogP contribution in [-0.4, -0.2) is 55.2 Å². The fourth-order valence-electron chi connectivity index (χ4n) is 6.90. The summed E-state index contributed by atoms with van der Waals surface area (Å²) in [6.45, 7) is -0.123. The second-order valence-corrected chi connectivity index (χ2v) is 13.5. The number of carbonyl (C=O) groups is 2. The third-order valence-corrected chi connectivity index (χ3v) is 11.7. The molecule has 1 saturated heterocycles. The molecule has 2 aromatic carbocycles. The molecule has 0 radical (unpaired) electrons. The van der Waals surface area contributed by atoms with Gasteiger partial charge in [0.15, 0.2) is 9.84 Å². The van der Waals surface area contributed by atoms with Crippen molar-refractivity contribution in [2.45, 2.75) is 72.2 Å². The summed E-state index contributed by atoms with van der Waals surface area (Å²) < 4.78 is 136. The highest BCUT2D eigenvalue weighted by atomic mass is 32.2. The zero-order valence-corrected chi connectivity index (χ0v) is 23.0. The first-order valence-corrected chi connectivity index (χ1v) is 14.8. The summed E-state index contributed by atoms with van der Waals surface area (Å²) in [5.41, 5.74) is -7.98. The molecule has 2 aliphatic carbocycles. The van der Waals surface area contributed by atoms with Crippen LogP contribution in [0.4, 0.5) is 35.1 Å². The van der Waals surface area contributed by atoms with Crippen LogP contribution in [0.25, 0.3) is 0 Å². The molecular weight excluding hydrogens is 614 g/mol. The van der Waals surface area contributed by atoms with E-state index in [4.69, 9.17) is 0 Å². The molecule has 1 amide bonds. The zero-order chi connectivity index (χ0) is 31.8. The summed E-state index contributed by atoms with van der Waals surface area (Å²) in [4.78, 5) is 25.9. The van der Waals surface area contributed by atoms with Crippen molar-refractivity contribution in [3.8, 4) is 0 Å². The van der Waals surface area contributed by atoms with Gasteiger partial charge in [-0.15, -0.1) is 0 Å². The SMILES string of the molecule is O=C(O)C1CCC(C(=O)N2CCC3(S(=O)(=O)c4ccc(F)cc4)c4ccc(C(F)(C(F)(F)F)C(F)(F)F)cc4CC23)CC1. The second-order valence-electron chi connectivity index (χ2n) is 11.3. The first-order valence-electron chi connectivity index (χ1n) is 13.4. The van der Waals surface area contributed by atoms with Crippen molar-refractivity contribution >= 4 is 21.7 Å². The maximum atomic E-state index is 15.0. The van der Waals surface area contributed by atoms with Crippen LogP contribution in [0.2, 0.25) is 0 Å². The number of hydrogen-bond donors (Lipinski definition) is 1. The van der Waals surface area contributed by atoms with E-state index in [9.17, 15) is 58.2 Å². The van der Waals surface area contributed by atoms with Gasteiger partial charge in [0.1, 0.15) is 10.6 Å². The lowest BCUT2D eigenvalue weighted by molar-refractivity contribution is -0.348. The molecule has 0 bridgehead atoms. The van der Waals surface area contributed by atoms with E-state index >= 15 is 0 Å². The summed E-state index contributed by atoms with van der Waals surface area (Å²) in [5, 5.41) is 9.27.